The van der Waals surface area contributed by atoms with Gasteiger partial charge in [-0.1, -0.05) is 6.42 Å². The molecule has 0 saturated heterocycles. The monoisotopic (exact) mass is 331 g/mol. The predicted octanol–water partition coefficient (Wildman–Crippen LogP) is 2.68. The maximum Gasteiger partial charge on any atom is 0.271 e. The molecule has 1 aromatic heterocycles. The number of methoxy groups -OCH3 is 1. The third-order valence-corrected chi connectivity index (χ3v) is 5.24. The number of amides is 1. The van der Waals surface area contributed by atoms with E-state index in [1.165, 1.54) is 11.3 Å². The van der Waals surface area contributed by atoms with Crippen molar-refractivity contribution in [2.75, 3.05) is 13.7 Å². The summed E-state index contributed by atoms with van der Waals surface area (Å²) in [5, 5.41) is 5.72. The standard InChI is InChI=1S/C17H21N3O2S/c1-22-13-7-5-11(6-8-13)17-20-15(10-23-17)16(21)19-14-4-2-3-12(14)9-18/h5-8,10,12,14H,2-4,9,18H2,1H3,(H,19,21). The van der Waals surface area contributed by atoms with E-state index in [0.29, 0.717) is 18.2 Å². The first-order chi connectivity index (χ1) is 11.2. The van der Waals surface area contributed by atoms with Crippen molar-refractivity contribution < 1.29 is 9.53 Å². The van der Waals surface area contributed by atoms with Crippen molar-refractivity contribution in [1.29, 1.82) is 0 Å². The minimum absolute atomic E-state index is 0.105. The third-order valence-electron chi connectivity index (χ3n) is 4.35. The fourth-order valence-corrected chi connectivity index (χ4v) is 3.80. The lowest BCUT2D eigenvalue weighted by molar-refractivity contribution is 0.0924. The van der Waals surface area contributed by atoms with Crippen LogP contribution in [0.3, 0.4) is 0 Å². The molecule has 1 amide bonds. The van der Waals surface area contributed by atoms with Crippen LogP contribution in [0.25, 0.3) is 10.6 Å². The van der Waals surface area contributed by atoms with Gasteiger partial charge in [0, 0.05) is 17.0 Å². The maximum absolute atomic E-state index is 12.4. The Bertz CT molecular complexity index is 669. The summed E-state index contributed by atoms with van der Waals surface area (Å²) in [5.74, 6) is 1.09. The predicted molar refractivity (Wildman–Crippen MR) is 91.8 cm³/mol. The second-order valence-electron chi connectivity index (χ2n) is 5.77. The van der Waals surface area contributed by atoms with Gasteiger partial charge in [-0.05, 0) is 49.6 Å². The number of nitrogens with one attached hydrogen (secondary N) is 1. The lowest BCUT2D eigenvalue weighted by Crippen LogP contribution is -2.40. The van der Waals surface area contributed by atoms with E-state index in [1.807, 2.05) is 24.3 Å². The zero-order valence-electron chi connectivity index (χ0n) is 13.1. The molecule has 0 bridgehead atoms. The van der Waals surface area contributed by atoms with Crippen LogP contribution in [0.15, 0.2) is 29.6 Å². The summed E-state index contributed by atoms with van der Waals surface area (Å²) >= 11 is 1.47. The first kappa shape index (κ1) is 16.0. The number of hydrogen-bond donors (Lipinski definition) is 2. The number of aromatic nitrogens is 1. The summed E-state index contributed by atoms with van der Waals surface area (Å²) in [4.78, 5) is 16.8. The molecule has 1 aromatic carbocycles. The minimum atomic E-state index is -0.105. The first-order valence-corrected chi connectivity index (χ1v) is 8.70. The van der Waals surface area contributed by atoms with Crippen molar-refractivity contribution in [2.45, 2.75) is 25.3 Å². The minimum Gasteiger partial charge on any atom is -0.497 e. The molecule has 0 radical (unpaired) electrons. The Labute approximate surface area is 139 Å². The first-order valence-electron chi connectivity index (χ1n) is 7.82. The molecule has 2 unspecified atom stereocenters. The van der Waals surface area contributed by atoms with E-state index in [0.717, 1.165) is 35.6 Å². The van der Waals surface area contributed by atoms with E-state index in [4.69, 9.17) is 10.5 Å². The van der Waals surface area contributed by atoms with Crippen molar-refractivity contribution in [3.8, 4) is 16.3 Å². The van der Waals surface area contributed by atoms with E-state index >= 15 is 0 Å². The van der Waals surface area contributed by atoms with Gasteiger partial charge in [0.15, 0.2) is 0 Å². The molecule has 0 aliphatic heterocycles. The number of thiazole rings is 1. The second kappa shape index (κ2) is 7.10. The Morgan fingerprint density at radius 2 is 2.17 bits per heavy atom. The topological polar surface area (TPSA) is 77.2 Å². The quantitative estimate of drug-likeness (QED) is 0.883. The molecule has 1 saturated carbocycles. The van der Waals surface area contributed by atoms with Crippen LogP contribution in [0.4, 0.5) is 0 Å². The molecule has 23 heavy (non-hydrogen) atoms. The number of ether oxygens (including phenoxy) is 1. The molecule has 2 atom stereocenters. The molecule has 3 rings (SSSR count). The molecule has 122 valence electrons. The number of carbonyl (C=O) groups excluding carboxylic acids is 1. The number of rotatable bonds is 5. The van der Waals surface area contributed by atoms with Crippen molar-refractivity contribution in [3.05, 3.63) is 35.3 Å². The van der Waals surface area contributed by atoms with E-state index in [1.54, 1.807) is 12.5 Å². The molecule has 1 aliphatic carbocycles. The van der Waals surface area contributed by atoms with Crippen LogP contribution >= 0.6 is 11.3 Å². The zero-order valence-corrected chi connectivity index (χ0v) is 13.9. The molecule has 3 N–H and O–H groups in total. The molecule has 6 heteroatoms. The highest BCUT2D eigenvalue weighted by Crippen LogP contribution is 2.27. The van der Waals surface area contributed by atoms with Gasteiger partial charge in [-0.2, -0.15) is 0 Å². The smallest absolute Gasteiger partial charge is 0.271 e. The van der Waals surface area contributed by atoms with Crippen molar-refractivity contribution in [1.82, 2.24) is 10.3 Å². The van der Waals surface area contributed by atoms with Crippen molar-refractivity contribution in [3.63, 3.8) is 0 Å². The van der Waals surface area contributed by atoms with Gasteiger partial charge in [-0.15, -0.1) is 11.3 Å². The van der Waals surface area contributed by atoms with Crippen LogP contribution in [0, 0.1) is 5.92 Å². The highest BCUT2D eigenvalue weighted by atomic mass is 32.1. The summed E-state index contributed by atoms with van der Waals surface area (Å²) in [6.45, 7) is 0.624. The lowest BCUT2D eigenvalue weighted by Gasteiger charge is -2.18. The van der Waals surface area contributed by atoms with Crippen LogP contribution in [0.5, 0.6) is 5.75 Å². The van der Waals surface area contributed by atoms with Gasteiger partial charge < -0.3 is 15.8 Å². The Hall–Kier alpha value is -1.92. The van der Waals surface area contributed by atoms with Gasteiger partial charge in [0.1, 0.15) is 16.5 Å². The van der Waals surface area contributed by atoms with E-state index in [-0.39, 0.29) is 11.9 Å². The number of benzene rings is 1. The molecule has 1 fully saturated rings. The fraction of sp³-hybridized carbons (Fsp3) is 0.412. The number of carbonyl (C=O) groups is 1. The van der Waals surface area contributed by atoms with Crippen molar-refractivity contribution >= 4 is 17.2 Å². The van der Waals surface area contributed by atoms with Gasteiger partial charge in [-0.3, -0.25) is 4.79 Å². The summed E-state index contributed by atoms with van der Waals surface area (Å²) in [6.07, 6.45) is 3.22. The summed E-state index contributed by atoms with van der Waals surface area (Å²) in [6, 6.07) is 7.85. The van der Waals surface area contributed by atoms with Crippen molar-refractivity contribution in [2.24, 2.45) is 11.7 Å². The average Bonchev–Trinajstić information content (AvgIpc) is 3.24. The van der Waals surface area contributed by atoms with Gasteiger partial charge >= 0.3 is 0 Å². The zero-order chi connectivity index (χ0) is 16.2. The largest absolute Gasteiger partial charge is 0.497 e. The average molecular weight is 331 g/mol. The SMILES string of the molecule is COc1ccc(-c2nc(C(=O)NC3CCCC3CN)cs2)cc1. The number of hydrogen-bond acceptors (Lipinski definition) is 5. The summed E-state index contributed by atoms with van der Waals surface area (Å²) in [7, 11) is 1.64. The Balaban J connectivity index is 1.69. The Kier molecular flexibility index (Phi) is 4.93. The molecular weight excluding hydrogens is 310 g/mol. The normalized spacial score (nSPS) is 20.4. The van der Waals surface area contributed by atoms with Crippen LogP contribution in [0.2, 0.25) is 0 Å². The molecule has 1 heterocycles. The Morgan fingerprint density at radius 3 is 2.87 bits per heavy atom. The molecule has 1 aliphatic rings. The van der Waals surface area contributed by atoms with Gasteiger partial charge in [0.05, 0.1) is 7.11 Å². The third kappa shape index (κ3) is 3.54. The molecule has 0 spiro atoms. The van der Waals surface area contributed by atoms with Gasteiger partial charge in [-0.25, -0.2) is 4.98 Å². The fourth-order valence-electron chi connectivity index (χ4n) is 3.00. The summed E-state index contributed by atoms with van der Waals surface area (Å²) in [5.41, 5.74) is 7.22. The highest BCUT2D eigenvalue weighted by molar-refractivity contribution is 7.13. The molecule has 5 nitrogen and oxygen atoms in total. The summed E-state index contributed by atoms with van der Waals surface area (Å²) < 4.78 is 5.15. The number of nitrogens with two attached hydrogens (primary N) is 1. The van der Waals surface area contributed by atoms with Gasteiger partial charge in [0.25, 0.3) is 5.91 Å². The van der Waals surface area contributed by atoms with Crippen LogP contribution in [-0.4, -0.2) is 30.6 Å². The van der Waals surface area contributed by atoms with E-state index in [2.05, 4.69) is 10.3 Å². The lowest BCUT2D eigenvalue weighted by atomic mass is 10.0. The Morgan fingerprint density at radius 1 is 1.39 bits per heavy atom. The maximum atomic E-state index is 12.4. The van der Waals surface area contributed by atoms with Gasteiger partial charge in [0.2, 0.25) is 0 Å². The van der Waals surface area contributed by atoms with E-state index in [9.17, 15) is 4.79 Å². The highest BCUT2D eigenvalue weighted by Gasteiger charge is 2.28. The van der Waals surface area contributed by atoms with Crippen LogP contribution in [-0.2, 0) is 0 Å². The molecule has 2 aromatic rings. The molecular formula is C17H21N3O2S. The van der Waals surface area contributed by atoms with Crippen LogP contribution in [0.1, 0.15) is 29.8 Å². The van der Waals surface area contributed by atoms with E-state index < -0.39 is 0 Å². The second-order valence-corrected chi connectivity index (χ2v) is 6.63. The number of nitrogens with zero attached hydrogens (tertiary/aromatic N) is 1. The van der Waals surface area contributed by atoms with Crippen LogP contribution < -0.4 is 15.8 Å².